The van der Waals surface area contributed by atoms with Crippen LogP contribution in [0, 0.1) is 12.3 Å². The molecule has 10 heavy (non-hydrogen) atoms. The molecule has 0 aliphatic heterocycles. The Hall–Kier alpha value is -1.33. The highest BCUT2D eigenvalue weighted by Gasteiger charge is 1.88. The lowest BCUT2D eigenvalue weighted by molar-refractivity contribution is 1.04. The van der Waals surface area contributed by atoms with E-state index in [2.05, 4.69) is 10.9 Å². The van der Waals surface area contributed by atoms with Gasteiger partial charge in [-0.3, -0.25) is 0 Å². The summed E-state index contributed by atoms with van der Waals surface area (Å²) in [5, 5.41) is 0. The minimum atomic E-state index is 0.512. The van der Waals surface area contributed by atoms with Gasteiger partial charge in [0, 0.05) is 12.7 Å². The molecule has 0 bridgehead atoms. The van der Waals surface area contributed by atoms with Gasteiger partial charge in [0.2, 0.25) is 0 Å². The summed E-state index contributed by atoms with van der Waals surface area (Å²) in [6.07, 6.45) is 6.79. The Bertz CT molecular complexity index is 243. The van der Waals surface area contributed by atoms with Crippen LogP contribution in [0.15, 0.2) is 18.3 Å². The lowest BCUT2D eigenvalue weighted by Gasteiger charge is -1.93. The van der Waals surface area contributed by atoms with Gasteiger partial charge in [-0.2, -0.15) is 0 Å². The molecule has 2 nitrogen and oxygen atoms in total. The first-order valence-electron chi connectivity index (χ1n) is 2.98. The van der Waals surface area contributed by atoms with Crippen LogP contribution in [0.25, 0.3) is 0 Å². The summed E-state index contributed by atoms with van der Waals surface area (Å²) < 4.78 is 0. The van der Waals surface area contributed by atoms with Gasteiger partial charge in [0.25, 0.3) is 0 Å². The molecule has 2 heteroatoms. The highest BCUT2D eigenvalue weighted by molar-refractivity contribution is 5.25. The third kappa shape index (κ3) is 1.34. The van der Waals surface area contributed by atoms with Crippen LogP contribution in [0.1, 0.15) is 11.3 Å². The molecule has 0 atom stereocenters. The van der Waals surface area contributed by atoms with Gasteiger partial charge in [-0.1, -0.05) is 12.0 Å². The molecule has 0 aliphatic rings. The monoisotopic (exact) mass is 132 g/mol. The summed E-state index contributed by atoms with van der Waals surface area (Å²) in [5.41, 5.74) is 7.00. The maximum Gasteiger partial charge on any atom is 0.112 e. The molecule has 2 N–H and O–H groups in total. The van der Waals surface area contributed by atoms with Crippen molar-refractivity contribution in [3.05, 3.63) is 29.6 Å². The van der Waals surface area contributed by atoms with Crippen molar-refractivity contribution < 1.29 is 0 Å². The Morgan fingerprint density at radius 1 is 1.60 bits per heavy atom. The van der Waals surface area contributed by atoms with Crippen molar-refractivity contribution in [1.82, 2.24) is 4.98 Å². The van der Waals surface area contributed by atoms with E-state index >= 15 is 0 Å². The second-order valence-electron chi connectivity index (χ2n) is 1.90. The van der Waals surface area contributed by atoms with Crippen LogP contribution in [-0.2, 0) is 6.54 Å². The van der Waals surface area contributed by atoms with Crippen molar-refractivity contribution >= 4 is 0 Å². The zero-order chi connectivity index (χ0) is 7.40. The zero-order valence-corrected chi connectivity index (χ0v) is 5.54. The van der Waals surface area contributed by atoms with Crippen LogP contribution in [0.5, 0.6) is 0 Å². The molecular weight excluding hydrogens is 124 g/mol. The minimum absolute atomic E-state index is 0.512. The molecule has 0 saturated heterocycles. The summed E-state index contributed by atoms with van der Waals surface area (Å²) in [7, 11) is 0. The van der Waals surface area contributed by atoms with Crippen LogP contribution in [0.2, 0.25) is 0 Å². The number of nitrogens with two attached hydrogens (primary N) is 1. The Labute approximate surface area is 60.1 Å². The standard InChI is InChI=1S/C8H8N2/c1-2-8-4-3-7(5-9)6-10-8/h1,3-4,6H,5,9H2. The molecule has 1 heterocycles. The maximum absolute atomic E-state index is 5.35. The van der Waals surface area contributed by atoms with E-state index < -0.39 is 0 Å². The molecule has 0 unspecified atom stereocenters. The molecule has 0 saturated carbocycles. The minimum Gasteiger partial charge on any atom is -0.326 e. The first-order chi connectivity index (χ1) is 4.86. The van der Waals surface area contributed by atoms with Crippen molar-refractivity contribution in [3.8, 4) is 12.3 Å². The molecule has 1 aromatic heterocycles. The van der Waals surface area contributed by atoms with Crippen LogP contribution in [0.4, 0.5) is 0 Å². The number of rotatable bonds is 1. The Morgan fingerprint density at radius 2 is 2.40 bits per heavy atom. The summed E-state index contributed by atoms with van der Waals surface area (Å²) in [6.45, 7) is 0.512. The average molecular weight is 132 g/mol. The molecule has 50 valence electrons. The first kappa shape index (κ1) is 6.79. The normalized spacial score (nSPS) is 8.80. The SMILES string of the molecule is C#Cc1ccc(CN)cn1. The van der Waals surface area contributed by atoms with Gasteiger partial charge in [0.15, 0.2) is 0 Å². The summed E-state index contributed by atoms with van der Waals surface area (Å²) in [5.74, 6) is 2.43. The molecule has 0 aliphatic carbocycles. The fourth-order valence-corrected chi connectivity index (χ4v) is 0.631. The third-order valence-corrected chi connectivity index (χ3v) is 1.21. The topological polar surface area (TPSA) is 38.9 Å². The van der Waals surface area contributed by atoms with Crippen molar-refractivity contribution in [2.45, 2.75) is 6.54 Å². The van der Waals surface area contributed by atoms with Gasteiger partial charge in [0.1, 0.15) is 5.69 Å². The molecule has 1 aromatic rings. The molecule has 0 fully saturated rings. The van der Waals surface area contributed by atoms with E-state index in [0.29, 0.717) is 12.2 Å². The largest absolute Gasteiger partial charge is 0.326 e. The van der Waals surface area contributed by atoms with Gasteiger partial charge < -0.3 is 5.73 Å². The second kappa shape index (κ2) is 3.00. The predicted octanol–water partition coefficient (Wildman–Crippen LogP) is 0.522. The molecule has 0 radical (unpaired) electrons. The van der Waals surface area contributed by atoms with Crippen LogP contribution in [0.3, 0.4) is 0 Å². The lowest BCUT2D eigenvalue weighted by atomic mass is 10.2. The van der Waals surface area contributed by atoms with Gasteiger partial charge in [0.05, 0.1) is 0 Å². The Kier molecular flexibility index (Phi) is 2.03. The van der Waals surface area contributed by atoms with E-state index in [0.717, 1.165) is 5.56 Å². The fraction of sp³-hybridized carbons (Fsp3) is 0.125. The third-order valence-electron chi connectivity index (χ3n) is 1.21. The highest BCUT2D eigenvalue weighted by Crippen LogP contribution is 1.96. The molecular formula is C8H8N2. The first-order valence-corrected chi connectivity index (χ1v) is 2.98. The van der Waals surface area contributed by atoms with E-state index in [9.17, 15) is 0 Å². The molecule has 0 aromatic carbocycles. The fourth-order valence-electron chi connectivity index (χ4n) is 0.631. The number of hydrogen-bond donors (Lipinski definition) is 1. The van der Waals surface area contributed by atoms with Crippen LogP contribution >= 0.6 is 0 Å². The second-order valence-corrected chi connectivity index (χ2v) is 1.90. The molecule has 1 rings (SSSR count). The Morgan fingerprint density at radius 3 is 2.80 bits per heavy atom. The summed E-state index contributed by atoms with van der Waals surface area (Å²) in [6, 6.07) is 3.66. The number of hydrogen-bond acceptors (Lipinski definition) is 2. The number of terminal acetylenes is 1. The lowest BCUT2D eigenvalue weighted by Crippen LogP contribution is -1.96. The van der Waals surface area contributed by atoms with Crippen LogP contribution < -0.4 is 5.73 Å². The number of nitrogens with zero attached hydrogens (tertiary/aromatic N) is 1. The van der Waals surface area contributed by atoms with Gasteiger partial charge in [-0.15, -0.1) is 6.42 Å². The predicted molar refractivity (Wildman–Crippen MR) is 40.1 cm³/mol. The van der Waals surface area contributed by atoms with Gasteiger partial charge in [-0.05, 0) is 11.6 Å². The van der Waals surface area contributed by atoms with E-state index in [4.69, 9.17) is 12.2 Å². The van der Waals surface area contributed by atoms with E-state index in [-0.39, 0.29) is 0 Å². The van der Waals surface area contributed by atoms with Crippen molar-refractivity contribution in [2.24, 2.45) is 5.73 Å². The Balaban J connectivity index is 2.93. The van der Waals surface area contributed by atoms with Crippen molar-refractivity contribution in [3.63, 3.8) is 0 Å². The quantitative estimate of drug-likeness (QED) is 0.566. The molecule has 0 amide bonds. The summed E-state index contributed by atoms with van der Waals surface area (Å²) in [4.78, 5) is 3.95. The van der Waals surface area contributed by atoms with Crippen molar-refractivity contribution in [2.75, 3.05) is 0 Å². The number of pyridine rings is 1. The summed E-state index contributed by atoms with van der Waals surface area (Å²) >= 11 is 0. The average Bonchev–Trinajstić information content (AvgIpc) is 2.05. The smallest absolute Gasteiger partial charge is 0.112 e. The van der Waals surface area contributed by atoms with Gasteiger partial charge >= 0.3 is 0 Å². The van der Waals surface area contributed by atoms with E-state index in [1.54, 1.807) is 12.3 Å². The zero-order valence-electron chi connectivity index (χ0n) is 5.54. The number of aromatic nitrogens is 1. The van der Waals surface area contributed by atoms with E-state index in [1.165, 1.54) is 0 Å². The highest BCUT2D eigenvalue weighted by atomic mass is 14.7. The van der Waals surface area contributed by atoms with Gasteiger partial charge in [-0.25, -0.2) is 4.98 Å². The molecule has 0 spiro atoms. The van der Waals surface area contributed by atoms with E-state index in [1.807, 2.05) is 6.07 Å². The van der Waals surface area contributed by atoms with Crippen molar-refractivity contribution in [1.29, 1.82) is 0 Å². The van der Waals surface area contributed by atoms with Crippen LogP contribution in [-0.4, -0.2) is 4.98 Å². The maximum atomic E-state index is 5.35.